The van der Waals surface area contributed by atoms with E-state index in [1.54, 1.807) is 32.9 Å². The zero-order valence-electron chi connectivity index (χ0n) is 24.0. The predicted octanol–water partition coefficient (Wildman–Crippen LogP) is 3.17. The maximum atomic E-state index is 13.9. The van der Waals surface area contributed by atoms with Crippen LogP contribution in [0.2, 0.25) is 0 Å². The minimum absolute atomic E-state index is 0.0333. The summed E-state index contributed by atoms with van der Waals surface area (Å²) in [5, 5.41) is 27.5. The van der Waals surface area contributed by atoms with Crippen LogP contribution in [0.5, 0.6) is 5.75 Å². The molecule has 220 valence electrons. The number of aliphatic hydroxyl groups is 1. The van der Waals surface area contributed by atoms with E-state index in [0.29, 0.717) is 5.56 Å². The van der Waals surface area contributed by atoms with E-state index in [2.05, 4.69) is 16.7 Å². The third-order valence-corrected chi connectivity index (χ3v) is 8.33. The molecular weight excluding hydrogens is 534 g/mol. The van der Waals surface area contributed by atoms with Gasteiger partial charge < -0.3 is 30.5 Å². The van der Waals surface area contributed by atoms with E-state index >= 15 is 0 Å². The fourth-order valence-corrected chi connectivity index (χ4v) is 5.94. The first-order valence-electron chi connectivity index (χ1n) is 14.2. The van der Waals surface area contributed by atoms with Crippen molar-refractivity contribution < 1.29 is 29.3 Å². The first-order chi connectivity index (χ1) is 20.1. The maximum absolute atomic E-state index is 13.9. The largest absolute Gasteiger partial charge is 0.508 e. The van der Waals surface area contributed by atoms with Gasteiger partial charge in [-0.05, 0) is 68.9 Å². The van der Waals surface area contributed by atoms with Crippen LogP contribution in [0.1, 0.15) is 58.9 Å². The summed E-state index contributed by atoms with van der Waals surface area (Å²) in [6.07, 6.45) is 0.0966. The Hall–Kier alpha value is -4.21. The number of phenolic OH excluding ortho intramolecular Hbond substituents is 1. The van der Waals surface area contributed by atoms with E-state index in [4.69, 9.17) is 4.74 Å². The molecule has 2 unspecified atom stereocenters. The number of hydrogen-bond donors (Lipinski definition) is 4. The molecule has 0 bridgehead atoms. The number of rotatable bonds is 8. The van der Waals surface area contributed by atoms with Gasteiger partial charge in [-0.1, -0.05) is 60.7 Å². The van der Waals surface area contributed by atoms with E-state index in [1.165, 1.54) is 16.5 Å². The zero-order chi connectivity index (χ0) is 30.0. The lowest BCUT2D eigenvalue weighted by Crippen LogP contribution is -2.59. The minimum Gasteiger partial charge on any atom is -0.508 e. The lowest BCUT2D eigenvalue weighted by atomic mass is 9.95. The van der Waals surface area contributed by atoms with E-state index in [-0.39, 0.29) is 36.4 Å². The Balaban J connectivity index is 1.37. The van der Waals surface area contributed by atoms with Gasteiger partial charge >= 0.3 is 0 Å². The van der Waals surface area contributed by atoms with Gasteiger partial charge in [-0.3, -0.25) is 14.4 Å². The smallest absolute Gasteiger partial charge is 0.256 e. The Kier molecular flexibility index (Phi) is 8.34. The van der Waals surface area contributed by atoms with Gasteiger partial charge in [-0.25, -0.2) is 0 Å². The number of aryl methyl sites for hydroxylation is 1. The molecule has 3 aromatic carbocycles. The third-order valence-electron chi connectivity index (χ3n) is 8.33. The molecule has 9 nitrogen and oxygen atoms in total. The quantitative estimate of drug-likeness (QED) is 0.329. The van der Waals surface area contributed by atoms with Crippen molar-refractivity contribution in [2.75, 3.05) is 6.73 Å². The summed E-state index contributed by atoms with van der Waals surface area (Å²) < 4.78 is 5.89. The van der Waals surface area contributed by atoms with Gasteiger partial charge in [0.15, 0.2) is 6.10 Å². The molecule has 3 amide bonds. The summed E-state index contributed by atoms with van der Waals surface area (Å²) in [4.78, 5) is 42.1. The van der Waals surface area contributed by atoms with Gasteiger partial charge in [0.1, 0.15) is 18.5 Å². The van der Waals surface area contributed by atoms with Gasteiger partial charge in [0, 0.05) is 11.1 Å². The highest BCUT2D eigenvalue weighted by molar-refractivity contribution is 5.97. The van der Waals surface area contributed by atoms with Crippen LogP contribution in [0.25, 0.3) is 0 Å². The highest BCUT2D eigenvalue weighted by Gasteiger charge is 2.51. The van der Waals surface area contributed by atoms with Crippen LogP contribution in [0.4, 0.5) is 0 Å². The number of carbonyl (C=O) groups is 3. The van der Waals surface area contributed by atoms with Crippen LogP contribution >= 0.6 is 0 Å². The van der Waals surface area contributed by atoms with Crippen molar-refractivity contribution in [2.45, 2.75) is 69.9 Å². The number of hydrogen-bond acceptors (Lipinski definition) is 6. The van der Waals surface area contributed by atoms with Crippen LogP contribution in [0.15, 0.2) is 72.8 Å². The first kappa shape index (κ1) is 29.3. The number of aliphatic hydroxyl groups excluding tert-OH is 1. The monoisotopic (exact) mass is 571 g/mol. The van der Waals surface area contributed by atoms with Crippen LogP contribution < -0.4 is 10.6 Å². The molecule has 1 fully saturated rings. The highest BCUT2D eigenvalue weighted by Crippen LogP contribution is 2.33. The van der Waals surface area contributed by atoms with Crippen molar-refractivity contribution in [1.29, 1.82) is 0 Å². The number of ether oxygens (including phenoxy) is 1. The van der Waals surface area contributed by atoms with Crippen molar-refractivity contribution in [3.05, 3.63) is 101 Å². The molecule has 0 spiro atoms. The SMILES string of the molecule is Cc1c(O)cccc1C(=O)N[C@@H](Cc1ccccc1)[C@H](O)C(=O)N1COC(C)(C)C1C(=O)NC1CCc2ccccc21. The van der Waals surface area contributed by atoms with Crippen LogP contribution in [-0.2, 0) is 27.2 Å². The number of phenols is 1. The normalized spacial score (nSPS) is 20.4. The van der Waals surface area contributed by atoms with Crippen molar-refractivity contribution in [3.63, 3.8) is 0 Å². The molecule has 0 aromatic heterocycles. The zero-order valence-corrected chi connectivity index (χ0v) is 24.0. The third kappa shape index (κ3) is 5.89. The number of carbonyl (C=O) groups excluding carboxylic acids is 3. The fraction of sp³-hybridized carbons (Fsp3) is 0.364. The van der Waals surface area contributed by atoms with Crippen molar-refractivity contribution in [2.24, 2.45) is 0 Å². The van der Waals surface area contributed by atoms with E-state index in [0.717, 1.165) is 24.0 Å². The summed E-state index contributed by atoms with van der Waals surface area (Å²) in [6, 6.07) is 19.6. The molecule has 1 aliphatic heterocycles. The predicted molar refractivity (Wildman–Crippen MR) is 157 cm³/mol. The summed E-state index contributed by atoms with van der Waals surface area (Å²) in [7, 11) is 0. The molecular formula is C33H37N3O6. The summed E-state index contributed by atoms with van der Waals surface area (Å²) >= 11 is 0. The summed E-state index contributed by atoms with van der Waals surface area (Å²) in [6.45, 7) is 4.92. The lowest BCUT2D eigenvalue weighted by Gasteiger charge is -2.33. The van der Waals surface area contributed by atoms with Crippen molar-refractivity contribution in [1.82, 2.24) is 15.5 Å². The summed E-state index contributed by atoms with van der Waals surface area (Å²) in [5.41, 5.74) is 2.66. The van der Waals surface area contributed by atoms with E-state index in [9.17, 15) is 24.6 Å². The average Bonchev–Trinajstić information content (AvgIpc) is 3.53. The topological polar surface area (TPSA) is 128 Å². The lowest BCUT2D eigenvalue weighted by molar-refractivity contribution is -0.147. The highest BCUT2D eigenvalue weighted by atomic mass is 16.5. The van der Waals surface area contributed by atoms with E-state index in [1.807, 2.05) is 48.5 Å². The van der Waals surface area contributed by atoms with Gasteiger partial charge in [-0.15, -0.1) is 0 Å². The Bertz CT molecular complexity index is 1470. The van der Waals surface area contributed by atoms with Crippen LogP contribution in [0.3, 0.4) is 0 Å². The number of benzene rings is 3. The number of fused-ring (bicyclic) bond motifs is 1. The molecule has 4 N–H and O–H groups in total. The van der Waals surface area contributed by atoms with E-state index < -0.39 is 35.6 Å². The number of nitrogens with one attached hydrogen (secondary N) is 2. The second-order valence-corrected chi connectivity index (χ2v) is 11.6. The fourth-order valence-electron chi connectivity index (χ4n) is 5.94. The van der Waals surface area contributed by atoms with Gasteiger partial charge in [-0.2, -0.15) is 0 Å². The maximum Gasteiger partial charge on any atom is 0.256 e. The van der Waals surface area contributed by atoms with Crippen LogP contribution in [0, 0.1) is 6.92 Å². The average molecular weight is 572 g/mol. The number of nitrogens with zero attached hydrogens (tertiary/aromatic N) is 1. The second-order valence-electron chi connectivity index (χ2n) is 11.6. The molecule has 5 rings (SSSR count). The Morgan fingerprint density at radius 1 is 1.02 bits per heavy atom. The minimum atomic E-state index is -1.67. The molecule has 1 saturated heterocycles. The van der Waals surface area contributed by atoms with Crippen molar-refractivity contribution in [3.8, 4) is 5.75 Å². The van der Waals surface area contributed by atoms with Gasteiger partial charge in [0.25, 0.3) is 11.8 Å². The van der Waals surface area contributed by atoms with Gasteiger partial charge in [0.2, 0.25) is 5.91 Å². The molecule has 0 saturated carbocycles. The number of amides is 3. The Morgan fingerprint density at radius 2 is 1.74 bits per heavy atom. The number of aromatic hydroxyl groups is 1. The van der Waals surface area contributed by atoms with Crippen LogP contribution in [-0.4, -0.2) is 63.4 Å². The Morgan fingerprint density at radius 3 is 2.50 bits per heavy atom. The van der Waals surface area contributed by atoms with Crippen molar-refractivity contribution >= 4 is 17.7 Å². The molecule has 1 aliphatic carbocycles. The first-order valence-corrected chi connectivity index (χ1v) is 14.2. The molecule has 1 heterocycles. The molecule has 4 atom stereocenters. The second kappa shape index (κ2) is 12.0. The molecule has 3 aromatic rings. The van der Waals surface area contributed by atoms with Gasteiger partial charge in [0.05, 0.1) is 17.7 Å². The molecule has 9 heteroatoms. The standard InChI is InChI=1S/C33H37N3O6/c1-20-23(14-9-15-27(20)37)30(39)35-26(18-21-10-5-4-6-11-21)28(38)32(41)36-19-42-33(2,3)29(36)31(40)34-25-17-16-22-12-7-8-13-24(22)25/h4-15,25-26,28-29,37-38H,16-19H2,1-3H3,(H,34,40)(H,35,39)/t25?,26-,28-,29?/m0/s1. The Labute approximate surface area is 245 Å². The molecule has 0 radical (unpaired) electrons. The molecule has 42 heavy (non-hydrogen) atoms. The summed E-state index contributed by atoms with van der Waals surface area (Å²) in [5.74, 6) is -1.65. The molecule has 2 aliphatic rings.